The molecule has 0 aliphatic rings. The van der Waals surface area contributed by atoms with Crippen molar-refractivity contribution in [3.8, 4) is 12.3 Å². The summed E-state index contributed by atoms with van der Waals surface area (Å²) in [5, 5.41) is 0. The van der Waals surface area contributed by atoms with E-state index in [-0.39, 0.29) is 6.29 Å². The van der Waals surface area contributed by atoms with E-state index in [1.165, 1.54) is 0 Å². The van der Waals surface area contributed by atoms with Crippen LogP contribution in [0.1, 0.15) is 26.7 Å². The monoisotopic (exact) mass is 156 g/mol. The summed E-state index contributed by atoms with van der Waals surface area (Å²) in [6, 6.07) is 0. The average Bonchev–Trinajstić information content (AvgIpc) is 2.01. The largest absolute Gasteiger partial charge is 0.353 e. The van der Waals surface area contributed by atoms with Crippen LogP contribution in [0.2, 0.25) is 0 Å². The normalized spacial score (nSPS) is 10.0. The fraction of sp³-hybridized carbons (Fsp3) is 0.778. The van der Waals surface area contributed by atoms with Crippen LogP contribution in [-0.4, -0.2) is 19.5 Å². The molecule has 0 saturated heterocycles. The summed E-state index contributed by atoms with van der Waals surface area (Å²) in [7, 11) is 0. The third-order valence-electron chi connectivity index (χ3n) is 1.23. The van der Waals surface area contributed by atoms with Crippen molar-refractivity contribution < 1.29 is 9.47 Å². The smallest absolute Gasteiger partial charge is 0.158 e. The quantitative estimate of drug-likeness (QED) is 0.431. The summed E-state index contributed by atoms with van der Waals surface area (Å²) < 4.78 is 10.5. The van der Waals surface area contributed by atoms with Crippen LogP contribution in [-0.2, 0) is 9.47 Å². The lowest BCUT2D eigenvalue weighted by atomic mass is 10.3. The van der Waals surface area contributed by atoms with Gasteiger partial charge in [0.2, 0.25) is 0 Å². The van der Waals surface area contributed by atoms with Gasteiger partial charge in [-0.25, -0.2) is 0 Å². The molecular weight excluding hydrogens is 140 g/mol. The van der Waals surface area contributed by atoms with Gasteiger partial charge in [0.25, 0.3) is 0 Å². The predicted octanol–water partition coefficient (Wildman–Crippen LogP) is 1.80. The summed E-state index contributed by atoms with van der Waals surface area (Å²) >= 11 is 0. The third-order valence-corrected chi connectivity index (χ3v) is 1.23. The van der Waals surface area contributed by atoms with Crippen LogP contribution in [0.15, 0.2) is 0 Å². The summed E-state index contributed by atoms with van der Waals surface area (Å²) in [6.45, 7) is 5.24. The molecule has 0 aliphatic carbocycles. The SMILES string of the molecule is C#CCCC(OCC)OCC. The molecule has 0 aromatic carbocycles. The number of ether oxygens (including phenoxy) is 2. The highest BCUT2D eigenvalue weighted by Gasteiger charge is 2.05. The lowest BCUT2D eigenvalue weighted by Gasteiger charge is -2.14. The fourth-order valence-electron chi connectivity index (χ4n) is 0.788. The van der Waals surface area contributed by atoms with E-state index >= 15 is 0 Å². The van der Waals surface area contributed by atoms with Crippen molar-refractivity contribution in [1.82, 2.24) is 0 Å². The molecule has 0 radical (unpaired) electrons. The van der Waals surface area contributed by atoms with Crippen LogP contribution in [0, 0.1) is 12.3 Å². The first-order chi connectivity index (χ1) is 5.35. The van der Waals surface area contributed by atoms with Gasteiger partial charge in [-0.15, -0.1) is 12.3 Å². The first-order valence-corrected chi connectivity index (χ1v) is 4.01. The van der Waals surface area contributed by atoms with Gasteiger partial charge >= 0.3 is 0 Å². The molecule has 64 valence electrons. The zero-order chi connectivity index (χ0) is 8.53. The van der Waals surface area contributed by atoms with Gasteiger partial charge in [-0.05, 0) is 13.8 Å². The minimum atomic E-state index is -0.110. The summed E-state index contributed by atoms with van der Waals surface area (Å²) in [5.74, 6) is 2.55. The van der Waals surface area contributed by atoms with Crippen LogP contribution in [0.4, 0.5) is 0 Å². The van der Waals surface area contributed by atoms with Crippen molar-refractivity contribution in [1.29, 1.82) is 0 Å². The number of terminal acetylenes is 1. The van der Waals surface area contributed by atoms with E-state index in [1.807, 2.05) is 13.8 Å². The van der Waals surface area contributed by atoms with Crippen LogP contribution < -0.4 is 0 Å². The lowest BCUT2D eigenvalue weighted by Crippen LogP contribution is -2.16. The highest BCUT2D eigenvalue weighted by molar-refractivity contribution is 4.83. The van der Waals surface area contributed by atoms with E-state index in [4.69, 9.17) is 15.9 Å². The van der Waals surface area contributed by atoms with Gasteiger partial charge in [0.1, 0.15) is 0 Å². The van der Waals surface area contributed by atoms with Crippen molar-refractivity contribution in [2.24, 2.45) is 0 Å². The second-order valence-corrected chi connectivity index (χ2v) is 2.08. The van der Waals surface area contributed by atoms with E-state index < -0.39 is 0 Å². The molecule has 0 aliphatic heterocycles. The molecule has 0 saturated carbocycles. The first-order valence-electron chi connectivity index (χ1n) is 4.01. The molecule has 0 atom stereocenters. The van der Waals surface area contributed by atoms with E-state index in [1.54, 1.807) is 0 Å². The summed E-state index contributed by atoms with van der Waals surface area (Å²) in [4.78, 5) is 0. The number of hydrogen-bond acceptors (Lipinski definition) is 2. The molecule has 2 nitrogen and oxygen atoms in total. The van der Waals surface area contributed by atoms with Crippen molar-refractivity contribution in [2.75, 3.05) is 13.2 Å². The Bertz CT molecular complexity index is 109. The Morgan fingerprint density at radius 3 is 2.18 bits per heavy atom. The van der Waals surface area contributed by atoms with E-state index in [0.29, 0.717) is 19.6 Å². The lowest BCUT2D eigenvalue weighted by molar-refractivity contribution is -0.138. The van der Waals surface area contributed by atoms with Crippen LogP contribution in [0.5, 0.6) is 0 Å². The van der Waals surface area contributed by atoms with Crippen LogP contribution >= 0.6 is 0 Å². The zero-order valence-electron chi connectivity index (χ0n) is 7.30. The molecule has 0 aromatic rings. The maximum Gasteiger partial charge on any atom is 0.158 e. The highest BCUT2D eigenvalue weighted by atomic mass is 16.7. The van der Waals surface area contributed by atoms with E-state index in [9.17, 15) is 0 Å². The molecule has 0 N–H and O–H groups in total. The Hall–Kier alpha value is -0.520. The molecule has 2 heteroatoms. The molecule has 0 rings (SSSR count). The standard InChI is InChI=1S/C9H16O2/c1-4-7-8-9(10-5-2)11-6-3/h1,9H,5-8H2,2-3H3. The van der Waals surface area contributed by atoms with Crippen molar-refractivity contribution in [2.45, 2.75) is 33.0 Å². The summed E-state index contributed by atoms with van der Waals surface area (Å²) in [5.41, 5.74) is 0. The molecule has 0 heterocycles. The third kappa shape index (κ3) is 5.90. The molecule has 0 unspecified atom stereocenters. The second kappa shape index (κ2) is 7.59. The van der Waals surface area contributed by atoms with Crippen LogP contribution in [0.25, 0.3) is 0 Å². The Morgan fingerprint density at radius 2 is 1.82 bits per heavy atom. The van der Waals surface area contributed by atoms with Gasteiger partial charge in [-0.3, -0.25) is 0 Å². The van der Waals surface area contributed by atoms with Crippen molar-refractivity contribution in [3.63, 3.8) is 0 Å². The number of rotatable bonds is 6. The Labute approximate surface area is 68.9 Å². The van der Waals surface area contributed by atoms with Crippen LogP contribution in [0.3, 0.4) is 0 Å². The van der Waals surface area contributed by atoms with E-state index in [0.717, 1.165) is 6.42 Å². The zero-order valence-corrected chi connectivity index (χ0v) is 7.30. The van der Waals surface area contributed by atoms with Crippen molar-refractivity contribution in [3.05, 3.63) is 0 Å². The molecule has 0 amide bonds. The Morgan fingerprint density at radius 1 is 1.27 bits per heavy atom. The van der Waals surface area contributed by atoms with Gasteiger partial charge in [0, 0.05) is 26.1 Å². The van der Waals surface area contributed by atoms with Gasteiger partial charge in [-0.1, -0.05) is 0 Å². The highest BCUT2D eigenvalue weighted by Crippen LogP contribution is 2.02. The minimum Gasteiger partial charge on any atom is -0.353 e. The molecule has 0 spiro atoms. The van der Waals surface area contributed by atoms with Gasteiger partial charge in [0.15, 0.2) is 6.29 Å². The Kier molecular flexibility index (Phi) is 7.23. The van der Waals surface area contributed by atoms with Gasteiger partial charge < -0.3 is 9.47 Å². The molecule has 0 bridgehead atoms. The molecule has 0 aromatic heterocycles. The fourth-order valence-corrected chi connectivity index (χ4v) is 0.788. The van der Waals surface area contributed by atoms with Crippen molar-refractivity contribution >= 4 is 0 Å². The molecule has 0 fully saturated rings. The average molecular weight is 156 g/mol. The Balaban J connectivity index is 3.44. The second-order valence-electron chi connectivity index (χ2n) is 2.08. The molecular formula is C9H16O2. The summed E-state index contributed by atoms with van der Waals surface area (Å²) in [6.07, 6.45) is 6.50. The number of hydrogen-bond donors (Lipinski definition) is 0. The molecule has 11 heavy (non-hydrogen) atoms. The van der Waals surface area contributed by atoms with Gasteiger partial charge in [0.05, 0.1) is 0 Å². The first kappa shape index (κ1) is 10.5. The topological polar surface area (TPSA) is 18.5 Å². The maximum absolute atomic E-state index is 5.27. The minimum absolute atomic E-state index is 0.110. The maximum atomic E-state index is 5.27. The van der Waals surface area contributed by atoms with Gasteiger partial charge in [-0.2, -0.15) is 0 Å². The van der Waals surface area contributed by atoms with E-state index in [2.05, 4.69) is 5.92 Å². The predicted molar refractivity (Wildman–Crippen MR) is 45.1 cm³/mol.